The summed E-state index contributed by atoms with van der Waals surface area (Å²) in [7, 11) is 1.90. The van der Waals surface area contributed by atoms with Crippen LogP contribution in [0.5, 0.6) is 0 Å². The molecule has 1 atom stereocenters. The molecule has 104 valence electrons. The SMILES string of the molecule is Cc1cc(Cl)cc(C(=O)N(C)C2CCCNCC2)c1. The Morgan fingerprint density at radius 1 is 1.32 bits per heavy atom. The highest BCUT2D eigenvalue weighted by Gasteiger charge is 2.22. The van der Waals surface area contributed by atoms with E-state index in [0.717, 1.165) is 37.9 Å². The molecular weight excluding hydrogens is 260 g/mol. The zero-order valence-electron chi connectivity index (χ0n) is 11.6. The third-order valence-electron chi connectivity index (χ3n) is 3.70. The van der Waals surface area contributed by atoms with Gasteiger partial charge in [-0.25, -0.2) is 0 Å². The minimum atomic E-state index is 0.0671. The van der Waals surface area contributed by atoms with Crippen LogP contribution < -0.4 is 5.32 Å². The van der Waals surface area contributed by atoms with Gasteiger partial charge in [0.2, 0.25) is 0 Å². The maximum Gasteiger partial charge on any atom is 0.253 e. The molecule has 1 aromatic rings. The maximum atomic E-state index is 12.5. The Bertz CT molecular complexity index is 433. The van der Waals surface area contributed by atoms with Gasteiger partial charge in [-0.3, -0.25) is 4.79 Å². The Kier molecular flexibility index (Phi) is 4.83. The summed E-state index contributed by atoms with van der Waals surface area (Å²) in [5, 5.41) is 3.99. The molecule has 2 rings (SSSR count). The summed E-state index contributed by atoms with van der Waals surface area (Å²) in [4.78, 5) is 14.4. The molecule has 1 heterocycles. The van der Waals surface area contributed by atoms with Gasteiger partial charge in [0, 0.05) is 23.7 Å². The highest BCUT2D eigenvalue weighted by atomic mass is 35.5. The van der Waals surface area contributed by atoms with Crippen molar-refractivity contribution in [3.63, 3.8) is 0 Å². The fourth-order valence-corrected chi connectivity index (χ4v) is 2.91. The Morgan fingerprint density at radius 2 is 2.11 bits per heavy atom. The van der Waals surface area contributed by atoms with Gasteiger partial charge in [-0.15, -0.1) is 0 Å². The summed E-state index contributed by atoms with van der Waals surface area (Å²) in [5.41, 5.74) is 1.71. The van der Waals surface area contributed by atoms with E-state index in [9.17, 15) is 4.79 Å². The quantitative estimate of drug-likeness (QED) is 0.903. The summed E-state index contributed by atoms with van der Waals surface area (Å²) in [6, 6.07) is 5.84. The van der Waals surface area contributed by atoms with Crippen LogP contribution in [0.15, 0.2) is 18.2 Å². The molecule has 0 aliphatic carbocycles. The predicted molar refractivity (Wildman–Crippen MR) is 78.8 cm³/mol. The van der Waals surface area contributed by atoms with Crippen LogP contribution in [0.2, 0.25) is 5.02 Å². The van der Waals surface area contributed by atoms with Crippen molar-refractivity contribution in [3.8, 4) is 0 Å². The van der Waals surface area contributed by atoms with Crippen LogP contribution in [0.25, 0.3) is 0 Å². The monoisotopic (exact) mass is 280 g/mol. The lowest BCUT2D eigenvalue weighted by Crippen LogP contribution is -2.37. The summed E-state index contributed by atoms with van der Waals surface area (Å²) in [5.74, 6) is 0.0671. The van der Waals surface area contributed by atoms with Crippen molar-refractivity contribution in [2.45, 2.75) is 32.2 Å². The van der Waals surface area contributed by atoms with E-state index in [4.69, 9.17) is 11.6 Å². The number of rotatable bonds is 2. The number of hydrogen-bond donors (Lipinski definition) is 1. The topological polar surface area (TPSA) is 32.3 Å². The molecule has 1 N–H and O–H groups in total. The molecule has 0 aromatic heterocycles. The van der Waals surface area contributed by atoms with Crippen LogP contribution in [-0.2, 0) is 0 Å². The number of halogens is 1. The average molecular weight is 281 g/mol. The number of aryl methyl sites for hydroxylation is 1. The van der Waals surface area contributed by atoms with Crippen LogP contribution in [0, 0.1) is 6.92 Å². The highest BCUT2D eigenvalue weighted by Crippen LogP contribution is 2.19. The first-order valence-corrected chi connectivity index (χ1v) is 7.21. The number of carbonyl (C=O) groups is 1. The molecule has 19 heavy (non-hydrogen) atoms. The number of nitrogens with one attached hydrogen (secondary N) is 1. The number of nitrogens with zero attached hydrogens (tertiary/aromatic N) is 1. The standard InChI is InChI=1S/C15H21ClN2O/c1-11-8-12(10-13(16)9-11)15(19)18(2)14-4-3-6-17-7-5-14/h8-10,14,17H,3-7H2,1-2H3. The highest BCUT2D eigenvalue weighted by molar-refractivity contribution is 6.31. The summed E-state index contributed by atoms with van der Waals surface area (Å²) >= 11 is 6.03. The van der Waals surface area contributed by atoms with Crippen molar-refractivity contribution < 1.29 is 4.79 Å². The van der Waals surface area contributed by atoms with Crippen LogP contribution >= 0.6 is 11.6 Å². The van der Waals surface area contributed by atoms with Gasteiger partial charge >= 0.3 is 0 Å². The molecule has 1 unspecified atom stereocenters. The van der Waals surface area contributed by atoms with E-state index >= 15 is 0 Å². The third kappa shape index (κ3) is 3.71. The van der Waals surface area contributed by atoms with Crippen LogP contribution in [-0.4, -0.2) is 37.0 Å². The Hall–Kier alpha value is -1.06. The van der Waals surface area contributed by atoms with E-state index in [1.54, 1.807) is 6.07 Å². The lowest BCUT2D eigenvalue weighted by molar-refractivity contribution is 0.0720. The van der Waals surface area contributed by atoms with Crippen molar-refractivity contribution in [1.29, 1.82) is 0 Å². The average Bonchev–Trinajstić information content (AvgIpc) is 2.64. The second kappa shape index (κ2) is 6.40. The molecule has 1 aromatic carbocycles. The van der Waals surface area contributed by atoms with Gasteiger partial charge in [0.05, 0.1) is 0 Å². The molecule has 0 saturated carbocycles. The van der Waals surface area contributed by atoms with Crippen molar-refractivity contribution in [3.05, 3.63) is 34.3 Å². The van der Waals surface area contributed by atoms with Crippen LogP contribution in [0.4, 0.5) is 0 Å². The zero-order valence-corrected chi connectivity index (χ0v) is 12.3. The van der Waals surface area contributed by atoms with E-state index in [1.807, 2.05) is 31.0 Å². The van der Waals surface area contributed by atoms with E-state index in [1.165, 1.54) is 0 Å². The number of benzene rings is 1. The lowest BCUT2D eigenvalue weighted by atomic mass is 10.1. The Labute approximate surface area is 119 Å². The molecule has 0 radical (unpaired) electrons. The lowest BCUT2D eigenvalue weighted by Gasteiger charge is -2.27. The van der Waals surface area contributed by atoms with Gasteiger partial charge in [0.1, 0.15) is 0 Å². The minimum Gasteiger partial charge on any atom is -0.339 e. The van der Waals surface area contributed by atoms with Crippen molar-refractivity contribution in [2.75, 3.05) is 20.1 Å². The molecule has 4 heteroatoms. The number of amides is 1. The van der Waals surface area contributed by atoms with Gasteiger partial charge in [-0.2, -0.15) is 0 Å². The molecule has 1 fully saturated rings. The van der Waals surface area contributed by atoms with E-state index < -0.39 is 0 Å². The molecule has 0 bridgehead atoms. The second-order valence-electron chi connectivity index (χ2n) is 5.27. The second-order valence-corrected chi connectivity index (χ2v) is 5.70. The van der Waals surface area contributed by atoms with Gasteiger partial charge in [0.25, 0.3) is 5.91 Å². The van der Waals surface area contributed by atoms with E-state index in [0.29, 0.717) is 16.6 Å². The fourth-order valence-electron chi connectivity index (χ4n) is 2.62. The van der Waals surface area contributed by atoms with Crippen molar-refractivity contribution >= 4 is 17.5 Å². The minimum absolute atomic E-state index is 0.0671. The first-order valence-electron chi connectivity index (χ1n) is 6.83. The molecule has 0 spiro atoms. The normalized spacial score (nSPS) is 19.8. The van der Waals surface area contributed by atoms with E-state index in [2.05, 4.69) is 5.32 Å². The van der Waals surface area contributed by atoms with Crippen LogP contribution in [0.3, 0.4) is 0 Å². The largest absolute Gasteiger partial charge is 0.339 e. The summed E-state index contributed by atoms with van der Waals surface area (Å²) in [6.07, 6.45) is 3.20. The molecule has 3 nitrogen and oxygen atoms in total. The molecule has 1 aliphatic rings. The third-order valence-corrected chi connectivity index (χ3v) is 3.92. The zero-order chi connectivity index (χ0) is 13.8. The van der Waals surface area contributed by atoms with E-state index in [-0.39, 0.29) is 5.91 Å². The number of carbonyl (C=O) groups excluding carboxylic acids is 1. The first kappa shape index (κ1) is 14.4. The fraction of sp³-hybridized carbons (Fsp3) is 0.533. The number of hydrogen-bond acceptors (Lipinski definition) is 2. The van der Waals surface area contributed by atoms with Crippen LogP contribution in [0.1, 0.15) is 35.2 Å². The Morgan fingerprint density at radius 3 is 2.84 bits per heavy atom. The molecule has 1 amide bonds. The van der Waals surface area contributed by atoms with Gasteiger partial charge in [0.15, 0.2) is 0 Å². The van der Waals surface area contributed by atoms with Gasteiger partial charge < -0.3 is 10.2 Å². The van der Waals surface area contributed by atoms with Crippen molar-refractivity contribution in [2.24, 2.45) is 0 Å². The van der Waals surface area contributed by atoms with Crippen molar-refractivity contribution in [1.82, 2.24) is 10.2 Å². The smallest absolute Gasteiger partial charge is 0.253 e. The van der Waals surface area contributed by atoms with Gasteiger partial charge in [-0.05, 0) is 63.0 Å². The molecular formula is C15H21ClN2O. The summed E-state index contributed by atoms with van der Waals surface area (Å²) < 4.78 is 0. The summed E-state index contributed by atoms with van der Waals surface area (Å²) in [6.45, 7) is 3.99. The maximum absolute atomic E-state index is 12.5. The molecule has 1 aliphatic heterocycles. The van der Waals surface area contributed by atoms with Gasteiger partial charge in [-0.1, -0.05) is 11.6 Å². The Balaban J connectivity index is 2.13. The molecule has 1 saturated heterocycles. The first-order chi connectivity index (χ1) is 9.08. The predicted octanol–water partition coefficient (Wildman–Crippen LogP) is 2.86.